The molecule has 1 saturated heterocycles. The summed E-state index contributed by atoms with van der Waals surface area (Å²) in [4.78, 5) is 28.3. The Labute approximate surface area is 204 Å². The quantitative estimate of drug-likeness (QED) is 0.576. The lowest BCUT2D eigenvalue weighted by Gasteiger charge is -2.35. The van der Waals surface area contributed by atoms with Gasteiger partial charge in [-0.05, 0) is 55.5 Å². The van der Waals surface area contributed by atoms with Crippen molar-refractivity contribution in [3.8, 4) is 0 Å². The van der Waals surface area contributed by atoms with E-state index in [2.05, 4.69) is 5.32 Å². The maximum absolute atomic E-state index is 13.4. The number of thiophene rings is 1. The molecule has 34 heavy (non-hydrogen) atoms. The largest absolute Gasteiger partial charge is 0.336 e. The van der Waals surface area contributed by atoms with Gasteiger partial charge in [0.15, 0.2) is 0 Å². The van der Waals surface area contributed by atoms with Gasteiger partial charge in [0.1, 0.15) is 0 Å². The molecule has 3 aromatic rings. The van der Waals surface area contributed by atoms with E-state index in [0.717, 1.165) is 16.7 Å². The second-order valence-electron chi connectivity index (χ2n) is 8.40. The molecule has 0 aliphatic carbocycles. The highest BCUT2D eigenvalue weighted by Crippen LogP contribution is 2.27. The average molecular weight is 498 g/mol. The first-order valence-corrected chi connectivity index (χ1v) is 13.3. The summed E-state index contributed by atoms with van der Waals surface area (Å²) < 4.78 is 28.2. The fraction of sp³-hybridized carbons (Fsp3) is 0.280. The van der Waals surface area contributed by atoms with E-state index < -0.39 is 10.0 Å². The van der Waals surface area contributed by atoms with E-state index in [9.17, 15) is 18.0 Å². The molecule has 0 radical (unpaired) electrons. The molecule has 1 fully saturated rings. The normalized spacial score (nSPS) is 14.7. The predicted molar refractivity (Wildman–Crippen MR) is 134 cm³/mol. The molecule has 7 nitrogen and oxygen atoms in total. The Balaban J connectivity index is 1.48. The Bertz CT molecular complexity index is 1300. The van der Waals surface area contributed by atoms with Gasteiger partial charge in [0.05, 0.1) is 21.0 Å². The molecule has 4 rings (SSSR count). The standard InChI is InChI=1S/C25H27N3O4S2/c1-17-15-18(2)23(19(3)16-17)34(31,32)28-12-10-27(11-13-28)25(30)20-7-4-5-8-21(20)26-24(29)22-9-6-14-33-22/h4-9,14-16H,10-13H2,1-3H3,(H,26,29). The molecule has 0 unspecified atom stereocenters. The number of aryl methyl sites for hydroxylation is 3. The van der Waals surface area contributed by atoms with Gasteiger partial charge in [0.2, 0.25) is 10.0 Å². The van der Waals surface area contributed by atoms with Crippen LogP contribution in [0.5, 0.6) is 0 Å². The van der Waals surface area contributed by atoms with E-state index in [1.165, 1.54) is 15.6 Å². The zero-order chi connectivity index (χ0) is 24.5. The van der Waals surface area contributed by atoms with Crippen LogP contribution in [-0.2, 0) is 10.0 Å². The Morgan fingerprint density at radius 3 is 2.18 bits per heavy atom. The summed E-state index contributed by atoms with van der Waals surface area (Å²) in [6, 6.07) is 14.2. The molecule has 2 heterocycles. The first kappa shape index (κ1) is 24.1. The summed E-state index contributed by atoms with van der Waals surface area (Å²) in [5.74, 6) is -0.503. The number of anilines is 1. The predicted octanol–water partition coefficient (Wildman–Crippen LogP) is 4.07. The molecular weight excluding hydrogens is 470 g/mol. The maximum atomic E-state index is 13.4. The van der Waals surface area contributed by atoms with Gasteiger partial charge < -0.3 is 10.2 Å². The molecule has 0 bridgehead atoms. The number of rotatable bonds is 5. The van der Waals surface area contributed by atoms with Gasteiger partial charge >= 0.3 is 0 Å². The van der Waals surface area contributed by atoms with E-state index in [1.54, 1.807) is 41.3 Å². The molecule has 0 spiro atoms. The van der Waals surface area contributed by atoms with Crippen LogP contribution in [0.3, 0.4) is 0 Å². The number of carbonyl (C=O) groups is 2. The van der Waals surface area contributed by atoms with Crippen LogP contribution in [0.15, 0.2) is 58.8 Å². The van der Waals surface area contributed by atoms with E-state index in [1.807, 2.05) is 38.3 Å². The zero-order valence-corrected chi connectivity index (χ0v) is 21.0. The number of hydrogen-bond acceptors (Lipinski definition) is 5. The number of carbonyl (C=O) groups excluding carboxylic acids is 2. The summed E-state index contributed by atoms with van der Waals surface area (Å²) in [7, 11) is -3.66. The van der Waals surface area contributed by atoms with E-state index in [0.29, 0.717) is 21.0 Å². The summed E-state index contributed by atoms with van der Waals surface area (Å²) in [5.41, 5.74) is 3.30. The van der Waals surface area contributed by atoms with E-state index >= 15 is 0 Å². The summed E-state index contributed by atoms with van der Waals surface area (Å²) in [6.45, 7) is 6.54. The molecule has 9 heteroatoms. The smallest absolute Gasteiger partial charge is 0.265 e. The van der Waals surface area contributed by atoms with Crippen molar-refractivity contribution in [3.63, 3.8) is 0 Å². The number of benzene rings is 2. The number of nitrogens with one attached hydrogen (secondary N) is 1. The Morgan fingerprint density at radius 2 is 1.56 bits per heavy atom. The lowest BCUT2D eigenvalue weighted by Crippen LogP contribution is -2.50. The minimum absolute atomic E-state index is 0.213. The van der Waals surface area contributed by atoms with Crippen molar-refractivity contribution < 1.29 is 18.0 Å². The van der Waals surface area contributed by atoms with Crippen molar-refractivity contribution in [1.29, 1.82) is 0 Å². The SMILES string of the molecule is Cc1cc(C)c(S(=O)(=O)N2CCN(C(=O)c3ccccc3NC(=O)c3cccs3)CC2)c(C)c1. The third-order valence-corrected chi connectivity index (χ3v) is 8.95. The number of hydrogen-bond donors (Lipinski definition) is 1. The number of para-hydroxylation sites is 1. The van der Waals surface area contributed by atoms with Crippen LogP contribution in [-0.4, -0.2) is 55.6 Å². The van der Waals surface area contributed by atoms with Gasteiger partial charge in [-0.2, -0.15) is 4.31 Å². The topological polar surface area (TPSA) is 86.8 Å². The second kappa shape index (κ2) is 9.69. The highest BCUT2D eigenvalue weighted by Gasteiger charge is 2.33. The Morgan fingerprint density at radius 1 is 0.912 bits per heavy atom. The minimum Gasteiger partial charge on any atom is -0.336 e. The van der Waals surface area contributed by atoms with Crippen molar-refractivity contribution in [3.05, 3.63) is 81.0 Å². The van der Waals surface area contributed by atoms with E-state index in [4.69, 9.17) is 0 Å². The summed E-state index contributed by atoms with van der Waals surface area (Å²) in [5, 5.41) is 4.64. The number of nitrogens with zero attached hydrogens (tertiary/aromatic N) is 2. The molecular formula is C25H27N3O4S2. The fourth-order valence-corrected chi connectivity index (χ4v) is 6.83. The highest BCUT2D eigenvalue weighted by atomic mass is 32.2. The van der Waals surface area contributed by atoms with Crippen LogP contribution in [0.1, 0.15) is 36.7 Å². The molecule has 2 aromatic carbocycles. The maximum Gasteiger partial charge on any atom is 0.265 e. The average Bonchev–Trinajstić information content (AvgIpc) is 3.33. The van der Waals surface area contributed by atoms with E-state index in [-0.39, 0.29) is 38.0 Å². The fourth-order valence-electron chi connectivity index (χ4n) is 4.37. The van der Waals surface area contributed by atoms with Gasteiger partial charge in [0.25, 0.3) is 11.8 Å². The lowest BCUT2D eigenvalue weighted by atomic mass is 10.1. The van der Waals surface area contributed by atoms with Crippen LogP contribution in [0.25, 0.3) is 0 Å². The molecule has 1 N–H and O–H groups in total. The van der Waals surface area contributed by atoms with Gasteiger partial charge in [-0.15, -0.1) is 11.3 Å². The van der Waals surface area contributed by atoms with Crippen molar-refractivity contribution in [2.75, 3.05) is 31.5 Å². The van der Waals surface area contributed by atoms with Crippen LogP contribution >= 0.6 is 11.3 Å². The minimum atomic E-state index is -3.66. The summed E-state index contributed by atoms with van der Waals surface area (Å²) >= 11 is 1.33. The molecule has 0 atom stereocenters. The lowest BCUT2D eigenvalue weighted by molar-refractivity contribution is 0.0699. The summed E-state index contributed by atoms with van der Waals surface area (Å²) in [6.07, 6.45) is 0. The van der Waals surface area contributed by atoms with Crippen molar-refractivity contribution in [2.24, 2.45) is 0 Å². The monoisotopic (exact) mass is 497 g/mol. The van der Waals surface area contributed by atoms with Gasteiger partial charge in [-0.3, -0.25) is 9.59 Å². The Kier molecular flexibility index (Phi) is 6.88. The van der Waals surface area contributed by atoms with Crippen LogP contribution in [0.4, 0.5) is 5.69 Å². The molecule has 2 amide bonds. The number of amides is 2. The van der Waals surface area contributed by atoms with Crippen LogP contribution in [0.2, 0.25) is 0 Å². The molecule has 1 aliphatic rings. The number of piperazine rings is 1. The molecule has 1 aromatic heterocycles. The molecule has 1 aliphatic heterocycles. The van der Waals surface area contributed by atoms with Crippen molar-refractivity contribution in [1.82, 2.24) is 9.21 Å². The second-order valence-corrected chi connectivity index (χ2v) is 11.2. The highest BCUT2D eigenvalue weighted by molar-refractivity contribution is 7.89. The third kappa shape index (κ3) is 4.77. The first-order chi connectivity index (χ1) is 16.2. The Hall–Kier alpha value is -3.01. The number of sulfonamides is 1. The van der Waals surface area contributed by atoms with Crippen LogP contribution in [0, 0.1) is 20.8 Å². The third-order valence-electron chi connectivity index (χ3n) is 5.88. The molecule has 178 valence electrons. The zero-order valence-electron chi connectivity index (χ0n) is 19.4. The van der Waals surface area contributed by atoms with Crippen LogP contribution < -0.4 is 5.32 Å². The van der Waals surface area contributed by atoms with Gasteiger partial charge in [-0.25, -0.2) is 8.42 Å². The van der Waals surface area contributed by atoms with Crippen molar-refractivity contribution >= 4 is 38.9 Å². The molecule has 0 saturated carbocycles. The van der Waals surface area contributed by atoms with Gasteiger partial charge in [-0.1, -0.05) is 35.9 Å². The van der Waals surface area contributed by atoms with Gasteiger partial charge in [0, 0.05) is 26.2 Å². The first-order valence-electron chi connectivity index (χ1n) is 11.0. The van der Waals surface area contributed by atoms with Crippen molar-refractivity contribution in [2.45, 2.75) is 25.7 Å².